The second kappa shape index (κ2) is 6.63. The molecule has 3 nitrogen and oxygen atoms in total. The van der Waals surface area contributed by atoms with Gasteiger partial charge in [0.15, 0.2) is 0 Å². The van der Waals surface area contributed by atoms with Crippen LogP contribution in [0.5, 0.6) is 11.6 Å². The van der Waals surface area contributed by atoms with E-state index in [9.17, 15) is 4.39 Å². The summed E-state index contributed by atoms with van der Waals surface area (Å²) in [5, 5.41) is 3.21. The number of ether oxygens (including phenoxy) is 1. The van der Waals surface area contributed by atoms with Crippen molar-refractivity contribution < 1.29 is 9.13 Å². The van der Waals surface area contributed by atoms with Crippen molar-refractivity contribution in [2.45, 2.75) is 13.5 Å². The van der Waals surface area contributed by atoms with E-state index in [2.05, 4.69) is 26.2 Å². The van der Waals surface area contributed by atoms with Gasteiger partial charge in [0, 0.05) is 24.4 Å². The molecule has 19 heavy (non-hydrogen) atoms. The summed E-state index contributed by atoms with van der Waals surface area (Å²) in [7, 11) is 0. The molecule has 0 aliphatic carbocycles. The normalized spacial score (nSPS) is 10.5. The molecule has 0 spiro atoms. The topological polar surface area (TPSA) is 34.2 Å². The lowest BCUT2D eigenvalue weighted by Gasteiger charge is -2.11. The van der Waals surface area contributed by atoms with Gasteiger partial charge in [-0.3, -0.25) is 0 Å². The van der Waals surface area contributed by atoms with Gasteiger partial charge in [0.05, 0.1) is 4.47 Å². The van der Waals surface area contributed by atoms with E-state index < -0.39 is 0 Å². The largest absolute Gasteiger partial charge is 0.437 e. The van der Waals surface area contributed by atoms with Crippen LogP contribution in [-0.4, -0.2) is 11.5 Å². The fourth-order valence-corrected chi connectivity index (χ4v) is 1.90. The van der Waals surface area contributed by atoms with Gasteiger partial charge in [-0.2, -0.15) is 0 Å². The third kappa shape index (κ3) is 3.75. The van der Waals surface area contributed by atoms with Crippen molar-refractivity contribution in [1.82, 2.24) is 10.3 Å². The Hall–Kier alpha value is -1.46. The number of aromatic nitrogens is 1. The summed E-state index contributed by atoms with van der Waals surface area (Å²) in [4.78, 5) is 4.19. The molecule has 1 heterocycles. The summed E-state index contributed by atoms with van der Waals surface area (Å²) in [6.07, 6.45) is 1.65. The van der Waals surface area contributed by atoms with Crippen molar-refractivity contribution in [3.63, 3.8) is 0 Å². The quantitative estimate of drug-likeness (QED) is 0.906. The number of benzene rings is 1. The minimum absolute atomic E-state index is 0.345. The molecule has 0 radical (unpaired) electrons. The summed E-state index contributed by atoms with van der Waals surface area (Å²) in [5.41, 5.74) is 0.931. The summed E-state index contributed by atoms with van der Waals surface area (Å²) in [5.74, 6) is 0.550. The summed E-state index contributed by atoms with van der Waals surface area (Å²) >= 11 is 3.33. The van der Waals surface area contributed by atoms with Gasteiger partial charge in [-0.05, 0) is 40.7 Å². The number of hydrogen-bond donors (Lipinski definition) is 1. The lowest BCUT2D eigenvalue weighted by Crippen LogP contribution is -2.12. The molecule has 0 aliphatic heterocycles. The lowest BCUT2D eigenvalue weighted by molar-refractivity contribution is 0.446. The molecule has 0 saturated heterocycles. The molecule has 1 aromatic carbocycles. The molecular formula is C14H14BrFN2O. The van der Waals surface area contributed by atoms with Crippen LogP contribution in [0, 0.1) is 5.82 Å². The van der Waals surface area contributed by atoms with Gasteiger partial charge < -0.3 is 10.1 Å². The molecular weight excluding hydrogens is 311 g/mol. The SMILES string of the molecule is CCNCc1cccnc1Oc1cc(F)ccc1Br. The second-order valence-electron chi connectivity index (χ2n) is 3.92. The highest BCUT2D eigenvalue weighted by molar-refractivity contribution is 9.10. The fraction of sp³-hybridized carbons (Fsp3) is 0.214. The first-order chi connectivity index (χ1) is 9.20. The van der Waals surface area contributed by atoms with E-state index in [0.717, 1.165) is 12.1 Å². The highest BCUT2D eigenvalue weighted by atomic mass is 79.9. The maximum Gasteiger partial charge on any atom is 0.223 e. The first-order valence-corrected chi connectivity index (χ1v) is 6.77. The van der Waals surface area contributed by atoms with Crippen molar-refractivity contribution in [2.75, 3.05) is 6.54 Å². The zero-order valence-corrected chi connectivity index (χ0v) is 12.1. The molecule has 0 bridgehead atoms. The van der Waals surface area contributed by atoms with E-state index in [-0.39, 0.29) is 5.82 Å². The second-order valence-corrected chi connectivity index (χ2v) is 4.78. The van der Waals surface area contributed by atoms with E-state index in [0.29, 0.717) is 22.6 Å². The van der Waals surface area contributed by atoms with Crippen molar-refractivity contribution in [1.29, 1.82) is 0 Å². The average Bonchev–Trinajstić information content (AvgIpc) is 2.42. The van der Waals surface area contributed by atoms with Crippen LogP contribution in [0.1, 0.15) is 12.5 Å². The predicted molar refractivity (Wildman–Crippen MR) is 75.8 cm³/mol. The maximum atomic E-state index is 13.2. The Kier molecular flexibility index (Phi) is 4.87. The van der Waals surface area contributed by atoms with Crippen LogP contribution < -0.4 is 10.1 Å². The van der Waals surface area contributed by atoms with Crippen LogP contribution in [0.15, 0.2) is 41.0 Å². The van der Waals surface area contributed by atoms with Crippen LogP contribution in [0.2, 0.25) is 0 Å². The van der Waals surface area contributed by atoms with Crippen LogP contribution in [0.4, 0.5) is 4.39 Å². The van der Waals surface area contributed by atoms with Gasteiger partial charge >= 0.3 is 0 Å². The molecule has 1 aromatic heterocycles. The highest BCUT2D eigenvalue weighted by Crippen LogP contribution is 2.30. The number of rotatable bonds is 5. The molecule has 1 N–H and O–H groups in total. The number of hydrogen-bond acceptors (Lipinski definition) is 3. The van der Waals surface area contributed by atoms with Crippen LogP contribution >= 0.6 is 15.9 Å². The highest BCUT2D eigenvalue weighted by Gasteiger charge is 2.09. The first kappa shape index (κ1) is 14.0. The third-order valence-electron chi connectivity index (χ3n) is 2.52. The van der Waals surface area contributed by atoms with Crippen LogP contribution in [0.25, 0.3) is 0 Å². The number of nitrogens with one attached hydrogen (secondary N) is 1. The Balaban J connectivity index is 2.25. The molecule has 0 amide bonds. The molecule has 0 aliphatic rings. The average molecular weight is 325 g/mol. The van der Waals surface area contributed by atoms with E-state index in [1.807, 2.05) is 19.1 Å². The van der Waals surface area contributed by atoms with Crippen molar-refractivity contribution in [2.24, 2.45) is 0 Å². The smallest absolute Gasteiger partial charge is 0.223 e. The Bertz CT molecular complexity index is 563. The zero-order chi connectivity index (χ0) is 13.7. The lowest BCUT2D eigenvalue weighted by atomic mass is 10.2. The predicted octanol–water partition coefficient (Wildman–Crippen LogP) is 3.89. The number of pyridine rings is 1. The van der Waals surface area contributed by atoms with Crippen LogP contribution in [-0.2, 0) is 6.54 Å². The molecule has 0 saturated carbocycles. The summed E-state index contributed by atoms with van der Waals surface area (Å²) in [6.45, 7) is 3.55. The van der Waals surface area contributed by atoms with Gasteiger partial charge in [0.2, 0.25) is 5.88 Å². The van der Waals surface area contributed by atoms with E-state index >= 15 is 0 Å². The van der Waals surface area contributed by atoms with E-state index in [1.54, 1.807) is 12.3 Å². The van der Waals surface area contributed by atoms with Crippen molar-refractivity contribution >= 4 is 15.9 Å². The van der Waals surface area contributed by atoms with Crippen molar-refractivity contribution in [3.8, 4) is 11.6 Å². The van der Waals surface area contributed by atoms with Gasteiger partial charge in [-0.25, -0.2) is 9.37 Å². The molecule has 2 aromatic rings. The molecule has 0 atom stereocenters. The first-order valence-electron chi connectivity index (χ1n) is 5.98. The molecule has 2 rings (SSSR count). The maximum absolute atomic E-state index is 13.2. The minimum atomic E-state index is -0.345. The van der Waals surface area contributed by atoms with Crippen LogP contribution in [0.3, 0.4) is 0 Å². The van der Waals surface area contributed by atoms with E-state index in [1.165, 1.54) is 12.1 Å². The Labute approximate surface area is 119 Å². The summed E-state index contributed by atoms with van der Waals surface area (Å²) < 4.78 is 19.6. The third-order valence-corrected chi connectivity index (χ3v) is 3.17. The van der Waals surface area contributed by atoms with Gasteiger partial charge in [-0.15, -0.1) is 0 Å². The standard InChI is InChI=1S/C14H14BrFN2O/c1-2-17-9-10-4-3-7-18-14(10)19-13-8-11(16)5-6-12(13)15/h3-8,17H,2,9H2,1H3. The zero-order valence-electron chi connectivity index (χ0n) is 10.5. The number of halogens is 2. The molecule has 100 valence electrons. The fourth-order valence-electron chi connectivity index (χ4n) is 1.57. The summed E-state index contributed by atoms with van der Waals surface area (Å²) in [6, 6.07) is 8.08. The Morgan fingerprint density at radius 3 is 3.00 bits per heavy atom. The minimum Gasteiger partial charge on any atom is -0.437 e. The number of nitrogens with zero attached hydrogens (tertiary/aromatic N) is 1. The molecule has 0 fully saturated rings. The molecule has 5 heteroatoms. The van der Waals surface area contributed by atoms with Gasteiger partial charge in [-0.1, -0.05) is 13.0 Å². The molecule has 0 unspecified atom stereocenters. The van der Waals surface area contributed by atoms with Crippen molar-refractivity contribution in [3.05, 3.63) is 52.4 Å². The van der Waals surface area contributed by atoms with E-state index in [4.69, 9.17) is 4.74 Å². The van der Waals surface area contributed by atoms with Gasteiger partial charge in [0.1, 0.15) is 11.6 Å². The van der Waals surface area contributed by atoms with Gasteiger partial charge in [0.25, 0.3) is 0 Å². The monoisotopic (exact) mass is 324 g/mol. The Morgan fingerprint density at radius 1 is 1.37 bits per heavy atom. The Morgan fingerprint density at radius 2 is 2.21 bits per heavy atom.